The summed E-state index contributed by atoms with van der Waals surface area (Å²) in [6.07, 6.45) is 3.46. The van der Waals surface area contributed by atoms with Crippen LogP contribution in [-0.4, -0.2) is 39.1 Å². The molecule has 0 saturated heterocycles. The number of nitrogens with one attached hydrogen (secondary N) is 1. The van der Waals surface area contributed by atoms with Crippen LogP contribution in [0.2, 0.25) is 0 Å². The molecule has 5 nitrogen and oxygen atoms in total. The monoisotopic (exact) mass is 328 g/mol. The van der Waals surface area contributed by atoms with E-state index >= 15 is 0 Å². The topological polar surface area (TPSA) is 61.9 Å². The number of rotatable bonds is 6. The summed E-state index contributed by atoms with van der Waals surface area (Å²) in [5.74, 6) is 0.0402. The third kappa shape index (κ3) is 3.42. The first-order chi connectivity index (χ1) is 11.2. The van der Waals surface area contributed by atoms with Gasteiger partial charge >= 0.3 is 0 Å². The lowest BCUT2D eigenvalue weighted by molar-refractivity contribution is 0.0757. The molecule has 23 heavy (non-hydrogen) atoms. The minimum absolute atomic E-state index is 0.0402. The van der Waals surface area contributed by atoms with Crippen LogP contribution in [0.3, 0.4) is 0 Å². The third-order valence-corrected chi connectivity index (χ3v) is 4.77. The summed E-state index contributed by atoms with van der Waals surface area (Å²) in [7, 11) is 0. The van der Waals surface area contributed by atoms with Gasteiger partial charge in [0.1, 0.15) is 0 Å². The van der Waals surface area contributed by atoms with Crippen LogP contribution >= 0.6 is 11.3 Å². The zero-order valence-electron chi connectivity index (χ0n) is 13.4. The van der Waals surface area contributed by atoms with Crippen molar-refractivity contribution >= 4 is 28.3 Å². The molecule has 3 aromatic rings. The highest BCUT2D eigenvalue weighted by atomic mass is 32.1. The molecule has 3 heterocycles. The van der Waals surface area contributed by atoms with Crippen molar-refractivity contribution in [2.75, 3.05) is 13.1 Å². The Balaban J connectivity index is 1.79. The Kier molecular flexibility index (Phi) is 4.71. The Bertz CT molecular complexity index is 794. The maximum absolute atomic E-state index is 12.8. The van der Waals surface area contributed by atoms with E-state index in [0.717, 1.165) is 37.0 Å². The van der Waals surface area contributed by atoms with Crippen molar-refractivity contribution in [1.29, 1.82) is 0 Å². The first-order valence-electron chi connectivity index (χ1n) is 7.81. The van der Waals surface area contributed by atoms with Crippen LogP contribution in [0, 0.1) is 6.92 Å². The Morgan fingerprint density at radius 2 is 2.26 bits per heavy atom. The van der Waals surface area contributed by atoms with Gasteiger partial charge in [-0.15, -0.1) is 11.3 Å². The Labute approximate surface area is 139 Å². The molecule has 0 saturated carbocycles. The van der Waals surface area contributed by atoms with Crippen molar-refractivity contribution < 1.29 is 4.79 Å². The van der Waals surface area contributed by atoms with E-state index in [0.29, 0.717) is 11.2 Å². The van der Waals surface area contributed by atoms with E-state index in [1.54, 1.807) is 17.5 Å². The smallest absolute Gasteiger partial charge is 0.255 e. The lowest BCUT2D eigenvalue weighted by Crippen LogP contribution is -2.33. The molecule has 0 radical (unpaired) electrons. The second-order valence-corrected chi connectivity index (χ2v) is 6.60. The molecule has 0 atom stereocenters. The highest BCUT2D eigenvalue weighted by Crippen LogP contribution is 2.17. The van der Waals surface area contributed by atoms with Crippen LogP contribution in [0.4, 0.5) is 0 Å². The number of carbonyl (C=O) groups is 1. The predicted molar refractivity (Wildman–Crippen MR) is 92.8 cm³/mol. The van der Waals surface area contributed by atoms with E-state index in [1.165, 1.54) is 4.88 Å². The van der Waals surface area contributed by atoms with Gasteiger partial charge < -0.3 is 4.90 Å². The number of fused-ring (bicyclic) bond motifs is 1. The molecule has 120 valence electrons. The summed E-state index contributed by atoms with van der Waals surface area (Å²) in [5, 5.41) is 9.99. The Morgan fingerprint density at radius 1 is 1.39 bits per heavy atom. The van der Waals surface area contributed by atoms with Crippen LogP contribution in [0.15, 0.2) is 29.8 Å². The van der Waals surface area contributed by atoms with Gasteiger partial charge in [0.05, 0.1) is 5.56 Å². The average molecular weight is 328 g/mol. The van der Waals surface area contributed by atoms with Crippen LogP contribution in [0.1, 0.15) is 34.3 Å². The fraction of sp³-hybridized carbons (Fsp3) is 0.353. The van der Waals surface area contributed by atoms with Gasteiger partial charge in [-0.25, -0.2) is 4.98 Å². The minimum atomic E-state index is 0.0402. The SMILES string of the molecule is CCCN(CCc1cccs1)C(=O)c1cnc2n[nH]c(C)c2c1. The van der Waals surface area contributed by atoms with Gasteiger partial charge in [-0.2, -0.15) is 5.10 Å². The molecule has 1 N–H and O–H groups in total. The number of amides is 1. The first kappa shape index (κ1) is 15.7. The zero-order valence-corrected chi connectivity index (χ0v) is 14.2. The molecule has 1 amide bonds. The van der Waals surface area contributed by atoms with Gasteiger partial charge in [-0.1, -0.05) is 13.0 Å². The number of aromatic nitrogens is 3. The van der Waals surface area contributed by atoms with Crippen molar-refractivity contribution in [1.82, 2.24) is 20.1 Å². The highest BCUT2D eigenvalue weighted by molar-refractivity contribution is 7.09. The fourth-order valence-electron chi connectivity index (χ4n) is 2.60. The van der Waals surface area contributed by atoms with E-state index in [-0.39, 0.29) is 5.91 Å². The molecule has 3 rings (SSSR count). The molecule has 3 aromatic heterocycles. The zero-order chi connectivity index (χ0) is 16.2. The summed E-state index contributed by atoms with van der Waals surface area (Å²) >= 11 is 1.73. The number of thiophene rings is 1. The summed E-state index contributed by atoms with van der Waals surface area (Å²) in [4.78, 5) is 20.3. The molecule has 0 unspecified atom stereocenters. The fourth-order valence-corrected chi connectivity index (χ4v) is 3.30. The predicted octanol–water partition coefficient (Wildman–Crippen LogP) is 3.42. The second kappa shape index (κ2) is 6.91. The molecule has 0 aliphatic heterocycles. The second-order valence-electron chi connectivity index (χ2n) is 5.57. The molecule has 0 fully saturated rings. The van der Waals surface area contributed by atoms with E-state index in [9.17, 15) is 4.79 Å². The molecular formula is C17H20N4OS. The maximum Gasteiger partial charge on any atom is 0.255 e. The van der Waals surface area contributed by atoms with Crippen LogP contribution in [-0.2, 0) is 6.42 Å². The first-order valence-corrected chi connectivity index (χ1v) is 8.69. The standard InChI is InChI=1S/C17H20N4OS/c1-3-7-21(8-6-14-5-4-9-23-14)17(22)13-10-15-12(2)19-20-16(15)18-11-13/h4-5,9-11H,3,6-8H2,1-2H3,(H,18,19,20). The van der Waals surface area contributed by atoms with E-state index in [2.05, 4.69) is 33.6 Å². The van der Waals surface area contributed by atoms with E-state index < -0.39 is 0 Å². The maximum atomic E-state index is 12.8. The van der Waals surface area contributed by atoms with Crippen molar-refractivity contribution in [3.63, 3.8) is 0 Å². The Morgan fingerprint density at radius 3 is 3.00 bits per heavy atom. The molecule has 0 bridgehead atoms. The normalized spacial score (nSPS) is 11.0. The van der Waals surface area contributed by atoms with Crippen molar-refractivity contribution in [3.05, 3.63) is 45.9 Å². The number of H-pyrrole nitrogens is 1. The molecule has 0 spiro atoms. The number of hydrogen-bond donors (Lipinski definition) is 1. The van der Waals surface area contributed by atoms with E-state index in [1.807, 2.05) is 24.0 Å². The van der Waals surface area contributed by atoms with Gasteiger partial charge in [-0.3, -0.25) is 9.89 Å². The number of aryl methyl sites for hydroxylation is 1. The number of hydrogen-bond acceptors (Lipinski definition) is 4. The molecular weight excluding hydrogens is 308 g/mol. The lowest BCUT2D eigenvalue weighted by atomic mass is 10.1. The number of carbonyl (C=O) groups excluding carboxylic acids is 1. The van der Waals surface area contributed by atoms with Gasteiger partial charge in [0, 0.05) is 35.2 Å². The number of aromatic amines is 1. The van der Waals surface area contributed by atoms with Crippen molar-refractivity contribution in [3.8, 4) is 0 Å². The summed E-state index contributed by atoms with van der Waals surface area (Å²) in [5.41, 5.74) is 2.21. The highest BCUT2D eigenvalue weighted by Gasteiger charge is 2.17. The lowest BCUT2D eigenvalue weighted by Gasteiger charge is -2.22. The average Bonchev–Trinajstić information content (AvgIpc) is 3.21. The van der Waals surface area contributed by atoms with Crippen molar-refractivity contribution in [2.45, 2.75) is 26.7 Å². The molecule has 0 aliphatic rings. The van der Waals surface area contributed by atoms with Crippen LogP contribution in [0.5, 0.6) is 0 Å². The van der Waals surface area contributed by atoms with Gasteiger partial charge in [0.25, 0.3) is 5.91 Å². The van der Waals surface area contributed by atoms with Crippen molar-refractivity contribution in [2.24, 2.45) is 0 Å². The minimum Gasteiger partial charge on any atom is -0.338 e. The molecule has 6 heteroatoms. The largest absolute Gasteiger partial charge is 0.338 e. The number of pyridine rings is 1. The van der Waals surface area contributed by atoms with Gasteiger partial charge in [-0.05, 0) is 37.3 Å². The summed E-state index contributed by atoms with van der Waals surface area (Å²) in [6, 6.07) is 6.05. The molecule has 0 aliphatic carbocycles. The quantitative estimate of drug-likeness (QED) is 0.754. The Hall–Kier alpha value is -2.21. The van der Waals surface area contributed by atoms with Crippen LogP contribution < -0.4 is 0 Å². The third-order valence-electron chi connectivity index (χ3n) is 3.84. The summed E-state index contributed by atoms with van der Waals surface area (Å²) in [6.45, 7) is 5.52. The number of nitrogens with zero attached hydrogens (tertiary/aromatic N) is 3. The summed E-state index contributed by atoms with van der Waals surface area (Å²) < 4.78 is 0. The van der Waals surface area contributed by atoms with E-state index in [4.69, 9.17) is 0 Å². The van der Waals surface area contributed by atoms with Crippen LogP contribution in [0.25, 0.3) is 11.0 Å². The van der Waals surface area contributed by atoms with Gasteiger partial charge in [0.15, 0.2) is 5.65 Å². The molecule has 0 aromatic carbocycles. The van der Waals surface area contributed by atoms with Gasteiger partial charge in [0.2, 0.25) is 0 Å².